The van der Waals surface area contributed by atoms with E-state index in [1.165, 1.54) is 0 Å². The zero-order valence-corrected chi connectivity index (χ0v) is 8.15. The first-order chi connectivity index (χ1) is 4.34. The van der Waals surface area contributed by atoms with Crippen molar-refractivity contribution in [3.05, 3.63) is 29.8 Å². The first kappa shape index (κ1) is 15.3. The summed E-state index contributed by atoms with van der Waals surface area (Å²) in [6, 6.07) is 7.41. The van der Waals surface area contributed by atoms with E-state index >= 15 is 0 Å². The van der Waals surface area contributed by atoms with Crippen molar-refractivity contribution in [1.82, 2.24) is 0 Å². The summed E-state index contributed by atoms with van der Waals surface area (Å²) in [5.41, 5.74) is 0.738. The van der Waals surface area contributed by atoms with Crippen LogP contribution in [0, 0.1) is 75.5 Å². The van der Waals surface area contributed by atoms with Crippen molar-refractivity contribution in [2.75, 3.05) is 0 Å². The van der Waals surface area contributed by atoms with Gasteiger partial charge < -0.3 is 0 Å². The average Bonchev–Trinajstić information content (AvgIpc) is 1.89. The van der Waals surface area contributed by atoms with Gasteiger partial charge in [0.25, 0.3) is 0 Å². The number of carbonyl (C=O) groups excluding carboxylic acids is 1. The molecule has 0 spiro atoms. The molecule has 0 aromatic heterocycles. The standard InChI is InChI=1S/C7H7OP.2Ar/c8-5-6-3-1-2-4-7(6)9;;/h1-5H,9H2;;. The molecule has 0 saturated heterocycles. The van der Waals surface area contributed by atoms with Gasteiger partial charge in [0.1, 0.15) is 0 Å². The summed E-state index contributed by atoms with van der Waals surface area (Å²) < 4.78 is 0. The fourth-order valence-corrected chi connectivity index (χ4v) is 0.894. The van der Waals surface area contributed by atoms with E-state index in [0.29, 0.717) is 0 Å². The van der Waals surface area contributed by atoms with Crippen molar-refractivity contribution < 1.29 is 80.3 Å². The van der Waals surface area contributed by atoms with E-state index in [4.69, 9.17) is 0 Å². The number of rotatable bonds is 1. The third kappa shape index (κ3) is 5.21. The van der Waals surface area contributed by atoms with Gasteiger partial charge in [0.2, 0.25) is 0 Å². The second kappa shape index (κ2) is 8.44. The Balaban J connectivity index is 0. The molecule has 0 aliphatic rings. The van der Waals surface area contributed by atoms with Crippen molar-refractivity contribution in [3.8, 4) is 0 Å². The van der Waals surface area contributed by atoms with E-state index < -0.39 is 0 Å². The molecule has 0 radical (unpaired) electrons. The summed E-state index contributed by atoms with van der Waals surface area (Å²) in [5, 5.41) is 0.951. The van der Waals surface area contributed by atoms with Crippen LogP contribution < -0.4 is 5.30 Å². The monoisotopic (exact) mass is 218 g/mol. The molecule has 1 rings (SSSR count). The van der Waals surface area contributed by atoms with Crippen LogP contribution in [-0.4, -0.2) is 6.29 Å². The van der Waals surface area contributed by atoms with Gasteiger partial charge in [0.15, 0.2) is 6.29 Å². The van der Waals surface area contributed by atoms with Crippen LogP contribution in [0.25, 0.3) is 0 Å². The van der Waals surface area contributed by atoms with Crippen LogP contribution in [0.4, 0.5) is 0 Å². The molecule has 0 aliphatic carbocycles. The van der Waals surface area contributed by atoms with Gasteiger partial charge in [-0.1, -0.05) is 24.3 Å². The molecular weight excluding hydrogens is 211 g/mol. The molecule has 1 aromatic rings. The smallest absolute Gasteiger partial charge is 0.150 e. The number of hydrogen-bond acceptors (Lipinski definition) is 1. The fraction of sp³-hybridized carbons (Fsp3) is 0. The molecule has 0 amide bonds. The SMILES string of the molecule is O=Cc1ccccc1P.[Ar].[Ar]. The minimum Gasteiger partial charge on any atom is -0.298 e. The zero-order valence-electron chi connectivity index (χ0n) is 5.58. The average molecular weight is 218 g/mol. The Morgan fingerprint density at radius 2 is 1.73 bits per heavy atom. The van der Waals surface area contributed by atoms with Crippen LogP contribution in [0.1, 0.15) is 10.4 Å². The van der Waals surface area contributed by atoms with Gasteiger partial charge in [-0.25, -0.2) is 0 Å². The third-order valence-electron chi connectivity index (χ3n) is 1.12. The Morgan fingerprint density at radius 1 is 1.18 bits per heavy atom. The van der Waals surface area contributed by atoms with Gasteiger partial charge in [0.05, 0.1) is 0 Å². The fourth-order valence-electron chi connectivity index (χ4n) is 0.618. The molecule has 11 heavy (non-hydrogen) atoms. The van der Waals surface area contributed by atoms with E-state index in [-0.39, 0.29) is 75.5 Å². The molecule has 0 saturated carbocycles. The molecule has 0 fully saturated rings. The summed E-state index contributed by atoms with van der Waals surface area (Å²) in [6.45, 7) is 0. The second-order valence-electron chi connectivity index (χ2n) is 1.75. The summed E-state index contributed by atoms with van der Waals surface area (Å²) in [7, 11) is 2.50. The van der Waals surface area contributed by atoms with Crippen molar-refractivity contribution in [2.24, 2.45) is 0 Å². The van der Waals surface area contributed by atoms with Crippen LogP contribution in [-0.2, 0) is 0 Å². The Morgan fingerprint density at radius 3 is 2.09 bits per heavy atom. The van der Waals surface area contributed by atoms with Gasteiger partial charge in [0, 0.05) is 81.0 Å². The molecule has 0 aliphatic heterocycles. The molecule has 1 atom stereocenters. The Hall–Kier alpha value is 1.84. The van der Waals surface area contributed by atoms with E-state index in [1.807, 2.05) is 18.2 Å². The van der Waals surface area contributed by atoms with Crippen LogP contribution in [0.15, 0.2) is 24.3 Å². The van der Waals surface area contributed by atoms with Crippen molar-refractivity contribution in [2.45, 2.75) is 0 Å². The first-order valence-electron chi connectivity index (χ1n) is 2.64. The maximum Gasteiger partial charge on any atom is 0.150 e. The van der Waals surface area contributed by atoms with Crippen LogP contribution in [0.2, 0.25) is 0 Å². The molecule has 0 N–H and O–H groups in total. The van der Waals surface area contributed by atoms with E-state index in [1.54, 1.807) is 6.07 Å². The Labute approximate surface area is 129 Å². The number of hydrogen-bond donors (Lipinski definition) is 0. The molecule has 62 valence electrons. The summed E-state index contributed by atoms with van der Waals surface area (Å²) in [6.07, 6.45) is 0.850. The molecule has 4 heteroatoms. The largest absolute Gasteiger partial charge is 0.298 e. The topological polar surface area (TPSA) is 17.1 Å². The minimum atomic E-state index is 0. The number of aldehydes is 1. The van der Waals surface area contributed by atoms with E-state index in [2.05, 4.69) is 9.24 Å². The first-order valence-corrected chi connectivity index (χ1v) is 3.22. The van der Waals surface area contributed by atoms with Crippen molar-refractivity contribution >= 4 is 20.8 Å². The van der Waals surface area contributed by atoms with Crippen molar-refractivity contribution in [1.29, 1.82) is 0 Å². The zero-order chi connectivity index (χ0) is 6.69. The molecule has 1 unspecified atom stereocenters. The minimum absolute atomic E-state index is 0. The second-order valence-corrected chi connectivity index (χ2v) is 2.37. The predicted octanol–water partition coefficient (Wildman–Crippen LogP) is 0.999. The molecule has 0 heterocycles. The summed E-state index contributed by atoms with van der Waals surface area (Å²) in [4.78, 5) is 10.2. The number of benzene rings is 1. The van der Waals surface area contributed by atoms with Gasteiger partial charge in [-0.15, -0.1) is 9.24 Å². The normalized spacial score (nSPS) is 7.36. The Kier molecular flexibility index (Phi) is 11.8. The van der Waals surface area contributed by atoms with Crippen LogP contribution in [0.5, 0.6) is 0 Å². The quantitative estimate of drug-likeness (QED) is 0.507. The Bertz CT molecular complexity index is 227. The summed E-state index contributed by atoms with van der Waals surface area (Å²) >= 11 is 0. The number of carbonyl (C=O) groups is 1. The molecule has 0 bridgehead atoms. The van der Waals surface area contributed by atoms with Gasteiger partial charge in [-0.2, -0.15) is 0 Å². The van der Waals surface area contributed by atoms with Gasteiger partial charge in [-0.3, -0.25) is 4.79 Å². The maximum atomic E-state index is 10.2. The van der Waals surface area contributed by atoms with Crippen LogP contribution in [0.3, 0.4) is 0 Å². The molecule has 1 nitrogen and oxygen atoms in total. The molecule has 1 aromatic carbocycles. The summed E-state index contributed by atoms with van der Waals surface area (Å²) in [5.74, 6) is 0. The van der Waals surface area contributed by atoms with E-state index in [0.717, 1.165) is 17.2 Å². The third-order valence-corrected chi connectivity index (χ3v) is 1.65. The molecular formula is C7H7Ar2OP. The predicted molar refractivity (Wildman–Crippen MR) is 41.2 cm³/mol. The van der Waals surface area contributed by atoms with Crippen LogP contribution >= 0.6 is 9.24 Å². The van der Waals surface area contributed by atoms with Gasteiger partial charge in [-0.05, 0) is 5.30 Å². The maximum absolute atomic E-state index is 10.2. The van der Waals surface area contributed by atoms with Crippen molar-refractivity contribution in [3.63, 3.8) is 0 Å². The van der Waals surface area contributed by atoms with Gasteiger partial charge >= 0.3 is 0 Å². The van der Waals surface area contributed by atoms with E-state index in [9.17, 15) is 4.79 Å².